The highest BCUT2D eigenvalue weighted by Crippen LogP contribution is 2.22. The van der Waals surface area contributed by atoms with Gasteiger partial charge in [0.05, 0.1) is 23.6 Å². The molecule has 4 rings (SSSR count). The highest BCUT2D eigenvalue weighted by Gasteiger charge is 2.18. The molecule has 0 radical (unpaired) electrons. The fourth-order valence-electron chi connectivity index (χ4n) is 3.05. The molecule has 1 heterocycles. The third kappa shape index (κ3) is 3.58. The van der Waals surface area contributed by atoms with Gasteiger partial charge in [0.15, 0.2) is 5.82 Å². The Balaban J connectivity index is 1.90. The van der Waals surface area contributed by atoms with Crippen LogP contribution in [0.25, 0.3) is 22.3 Å². The average Bonchev–Trinajstić information content (AvgIpc) is 2.75. The summed E-state index contributed by atoms with van der Waals surface area (Å²) in [5, 5.41) is 0.881. The summed E-state index contributed by atoms with van der Waals surface area (Å²) in [6, 6.07) is 20.7. The van der Waals surface area contributed by atoms with E-state index in [0.717, 1.165) is 4.68 Å². The van der Waals surface area contributed by atoms with Crippen molar-refractivity contribution in [3.05, 3.63) is 93.7 Å². The summed E-state index contributed by atoms with van der Waals surface area (Å²) in [7, 11) is 1.48. The number of para-hydroxylation sites is 2. The molecular formula is C22H16ClN3O3. The minimum atomic E-state index is -0.495. The van der Waals surface area contributed by atoms with E-state index in [9.17, 15) is 9.59 Å². The molecule has 0 aliphatic heterocycles. The van der Waals surface area contributed by atoms with Crippen LogP contribution in [0.5, 0.6) is 5.75 Å². The van der Waals surface area contributed by atoms with Crippen LogP contribution < -0.4 is 15.7 Å². The zero-order valence-electron chi connectivity index (χ0n) is 15.4. The molecule has 1 amide bonds. The summed E-state index contributed by atoms with van der Waals surface area (Å²) < 4.78 is 6.40. The van der Waals surface area contributed by atoms with E-state index in [2.05, 4.69) is 10.4 Å². The van der Waals surface area contributed by atoms with Gasteiger partial charge >= 0.3 is 0 Å². The lowest BCUT2D eigenvalue weighted by molar-refractivity contribution is 0.100. The maximum Gasteiger partial charge on any atom is 0.280 e. The minimum absolute atomic E-state index is 0.277. The lowest BCUT2D eigenvalue weighted by Gasteiger charge is -2.15. The quantitative estimate of drug-likeness (QED) is 0.554. The molecule has 0 fully saturated rings. The highest BCUT2D eigenvalue weighted by atomic mass is 35.5. The SMILES string of the molecule is COc1ccccc1C(=O)Nn1c(-c2cccc(Cl)c2)nc2ccccc2c1=O. The lowest BCUT2D eigenvalue weighted by Crippen LogP contribution is -2.35. The number of hydrogen-bond donors (Lipinski definition) is 1. The van der Waals surface area contributed by atoms with Gasteiger partial charge in [-0.15, -0.1) is 0 Å². The van der Waals surface area contributed by atoms with Crippen LogP contribution in [0.3, 0.4) is 0 Å². The number of ether oxygens (including phenoxy) is 1. The van der Waals surface area contributed by atoms with Gasteiger partial charge in [0.1, 0.15) is 5.75 Å². The molecule has 1 N–H and O–H groups in total. The first-order chi connectivity index (χ1) is 14.1. The van der Waals surface area contributed by atoms with Gasteiger partial charge in [0, 0.05) is 10.6 Å². The van der Waals surface area contributed by atoms with Crippen LogP contribution in [0, 0.1) is 0 Å². The number of benzene rings is 3. The second kappa shape index (κ2) is 7.77. The van der Waals surface area contributed by atoms with Crippen LogP contribution in [-0.2, 0) is 0 Å². The normalized spacial score (nSPS) is 10.7. The molecule has 0 bridgehead atoms. The molecule has 144 valence electrons. The van der Waals surface area contributed by atoms with E-state index in [0.29, 0.717) is 32.8 Å². The summed E-state index contributed by atoms with van der Waals surface area (Å²) in [5.74, 6) is 0.181. The van der Waals surface area contributed by atoms with E-state index in [-0.39, 0.29) is 5.82 Å². The molecule has 0 unspecified atom stereocenters. The second-order valence-electron chi connectivity index (χ2n) is 6.24. The van der Waals surface area contributed by atoms with E-state index in [1.54, 1.807) is 72.8 Å². The van der Waals surface area contributed by atoms with Crippen molar-refractivity contribution in [2.75, 3.05) is 12.5 Å². The third-order valence-corrected chi connectivity index (χ3v) is 4.66. The summed E-state index contributed by atoms with van der Waals surface area (Å²) in [6.07, 6.45) is 0. The minimum Gasteiger partial charge on any atom is -0.496 e. The molecule has 6 nitrogen and oxygen atoms in total. The Hall–Kier alpha value is -3.64. The first kappa shape index (κ1) is 18.7. The van der Waals surface area contributed by atoms with E-state index < -0.39 is 11.5 Å². The van der Waals surface area contributed by atoms with Crippen LogP contribution >= 0.6 is 11.6 Å². The van der Waals surface area contributed by atoms with Crippen LogP contribution in [0.4, 0.5) is 0 Å². The molecule has 4 aromatic rings. The van der Waals surface area contributed by atoms with Gasteiger partial charge in [-0.05, 0) is 36.4 Å². The maximum atomic E-state index is 13.2. The van der Waals surface area contributed by atoms with Crippen molar-refractivity contribution >= 4 is 28.4 Å². The number of fused-ring (bicyclic) bond motifs is 1. The Labute approximate surface area is 171 Å². The lowest BCUT2D eigenvalue weighted by atomic mass is 10.2. The largest absolute Gasteiger partial charge is 0.496 e. The second-order valence-corrected chi connectivity index (χ2v) is 6.68. The first-order valence-electron chi connectivity index (χ1n) is 8.80. The first-order valence-corrected chi connectivity index (χ1v) is 9.18. The molecule has 0 spiro atoms. The molecule has 0 atom stereocenters. The van der Waals surface area contributed by atoms with Gasteiger partial charge < -0.3 is 4.74 Å². The summed E-state index contributed by atoms with van der Waals surface area (Å²) in [5.41, 5.74) is 3.68. The van der Waals surface area contributed by atoms with Crippen LogP contribution in [0.1, 0.15) is 10.4 Å². The zero-order chi connectivity index (χ0) is 20.4. The predicted octanol–water partition coefficient (Wildman–Crippen LogP) is 4.11. The number of halogens is 1. The van der Waals surface area contributed by atoms with Crippen LogP contribution in [0.15, 0.2) is 77.6 Å². The number of nitrogens with one attached hydrogen (secondary N) is 1. The highest BCUT2D eigenvalue weighted by molar-refractivity contribution is 6.30. The molecule has 7 heteroatoms. The fraction of sp³-hybridized carbons (Fsp3) is 0.0455. The topological polar surface area (TPSA) is 73.2 Å². The van der Waals surface area contributed by atoms with Crippen molar-refractivity contribution in [2.24, 2.45) is 0 Å². The van der Waals surface area contributed by atoms with Gasteiger partial charge in [-0.3, -0.25) is 15.0 Å². The monoisotopic (exact) mass is 405 g/mol. The van der Waals surface area contributed by atoms with Gasteiger partial charge in [0.25, 0.3) is 11.5 Å². The number of rotatable bonds is 4. The van der Waals surface area contributed by atoms with E-state index in [1.165, 1.54) is 7.11 Å². The average molecular weight is 406 g/mol. The van der Waals surface area contributed by atoms with Gasteiger partial charge in [-0.1, -0.05) is 48.0 Å². The standard InChI is InChI=1S/C22H16ClN3O3/c1-29-19-12-5-3-10-17(19)21(27)25-26-20(14-7-6-8-15(23)13-14)24-18-11-4-2-9-16(18)22(26)28/h2-13H,1H3,(H,25,27). The van der Waals surface area contributed by atoms with Crippen LogP contribution in [-0.4, -0.2) is 22.7 Å². The number of nitrogens with zero attached hydrogens (tertiary/aromatic N) is 2. The van der Waals surface area contributed by atoms with Crippen molar-refractivity contribution in [3.63, 3.8) is 0 Å². The molecular weight excluding hydrogens is 390 g/mol. The number of amides is 1. The molecule has 3 aromatic carbocycles. The smallest absolute Gasteiger partial charge is 0.280 e. The maximum absolute atomic E-state index is 13.2. The molecule has 0 aliphatic carbocycles. The number of hydrogen-bond acceptors (Lipinski definition) is 4. The number of carbonyl (C=O) groups excluding carboxylic acids is 1. The predicted molar refractivity (Wildman–Crippen MR) is 113 cm³/mol. The van der Waals surface area contributed by atoms with Crippen LogP contribution in [0.2, 0.25) is 5.02 Å². The Morgan fingerprint density at radius 1 is 1.03 bits per heavy atom. The Morgan fingerprint density at radius 2 is 1.79 bits per heavy atom. The van der Waals surface area contributed by atoms with Crippen molar-refractivity contribution in [1.29, 1.82) is 0 Å². The van der Waals surface area contributed by atoms with E-state index >= 15 is 0 Å². The summed E-state index contributed by atoms with van der Waals surface area (Å²) >= 11 is 6.13. The summed E-state index contributed by atoms with van der Waals surface area (Å²) in [4.78, 5) is 30.7. The molecule has 0 saturated carbocycles. The Kier molecular flexibility index (Phi) is 5.01. The van der Waals surface area contributed by atoms with Crippen molar-refractivity contribution in [3.8, 4) is 17.1 Å². The molecule has 0 saturated heterocycles. The number of aromatic nitrogens is 2. The van der Waals surface area contributed by atoms with Gasteiger partial charge in [-0.2, -0.15) is 4.68 Å². The van der Waals surface area contributed by atoms with Crippen molar-refractivity contribution in [1.82, 2.24) is 9.66 Å². The third-order valence-electron chi connectivity index (χ3n) is 4.42. The molecule has 0 aliphatic rings. The van der Waals surface area contributed by atoms with Gasteiger partial charge in [-0.25, -0.2) is 4.98 Å². The van der Waals surface area contributed by atoms with E-state index in [1.807, 2.05) is 0 Å². The van der Waals surface area contributed by atoms with Crippen molar-refractivity contribution in [2.45, 2.75) is 0 Å². The Bertz CT molecular complexity index is 1280. The summed E-state index contributed by atoms with van der Waals surface area (Å²) in [6.45, 7) is 0. The fourth-order valence-corrected chi connectivity index (χ4v) is 3.24. The number of methoxy groups -OCH3 is 1. The Morgan fingerprint density at radius 3 is 2.59 bits per heavy atom. The zero-order valence-corrected chi connectivity index (χ0v) is 16.2. The number of carbonyl (C=O) groups is 1. The van der Waals surface area contributed by atoms with Crippen molar-refractivity contribution < 1.29 is 9.53 Å². The molecule has 29 heavy (non-hydrogen) atoms. The van der Waals surface area contributed by atoms with Gasteiger partial charge in [0.2, 0.25) is 0 Å². The molecule has 1 aromatic heterocycles. The van der Waals surface area contributed by atoms with E-state index in [4.69, 9.17) is 16.3 Å².